The van der Waals surface area contributed by atoms with E-state index in [0.29, 0.717) is 32.8 Å². The third-order valence-electron chi connectivity index (χ3n) is 6.44. The number of hydrogen-bond donors (Lipinski definition) is 0. The molecule has 1 fully saturated rings. The molecule has 0 bridgehead atoms. The van der Waals surface area contributed by atoms with Gasteiger partial charge in [0.2, 0.25) is 5.91 Å². The fourth-order valence-electron chi connectivity index (χ4n) is 4.77. The molecule has 0 radical (unpaired) electrons. The van der Waals surface area contributed by atoms with Gasteiger partial charge in [-0.1, -0.05) is 66.7 Å². The quantitative estimate of drug-likeness (QED) is 0.526. The molecule has 1 unspecified atom stereocenters. The van der Waals surface area contributed by atoms with Crippen LogP contribution in [-0.2, 0) is 17.9 Å². The number of rotatable bonds is 7. The van der Waals surface area contributed by atoms with Crippen molar-refractivity contribution in [2.75, 3.05) is 26.3 Å². The molecule has 33 heavy (non-hydrogen) atoms. The molecule has 1 amide bonds. The smallest absolute Gasteiger partial charge is 0.237 e. The Morgan fingerprint density at radius 3 is 2.15 bits per heavy atom. The molecular weight excluding hydrogens is 412 g/mol. The molecule has 3 aromatic carbocycles. The van der Waals surface area contributed by atoms with Gasteiger partial charge in [-0.2, -0.15) is 0 Å². The Bertz CT molecular complexity index is 1030. The maximum absolute atomic E-state index is 13.6. The molecule has 2 aliphatic heterocycles. The highest BCUT2D eigenvalue weighted by atomic mass is 16.6. The van der Waals surface area contributed by atoms with E-state index < -0.39 is 0 Å². The van der Waals surface area contributed by atoms with E-state index in [4.69, 9.17) is 9.47 Å². The molecule has 1 atom stereocenters. The van der Waals surface area contributed by atoms with Crippen LogP contribution in [0.3, 0.4) is 0 Å². The van der Waals surface area contributed by atoms with Gasteiger partial charge in [-0.15, -0.1) is 0 Å². The molecule has 0 N–H and O–H groups in total. The highest BCUT2D eigenvalue weighted by molar-refractivity contribution is 5.78. The standard InChI is InChI=1S/C28H30N2O3/c31-28(30(19-22-8-3-1-4-9-22)20-23-10-5-2-6-11-23)21-29-15-7-12-25(29)24-13-14-26-27(18-24)33-17-16-32-26/h1-6,8-11,13-14,18,25H,7,12,15-17,19-21H2. The van der Waals surface area contributed by atoms with E-state index in [1.165, 1.54) is 5.56 Å². The minimum atomic E-state index is 0.159. The molecule has 5 nitrogen and oxygen atoms in total. The zero-order valence-electron chi connectivity index (χ0n) is 18.9. The molecule has 1 saturated heterocycles. The fraction of sp³-hybridized carbons (Fsp3) is 0.321. The normalized spacial score (nSPS) is 17.6. The van der Waals surface area contributed by atoms with Crippen molar-refractivity contribution in [3.8, 4) is 11.5 Å². The lowest BCUT2D eigenvalue weighted by Gasteiger charge is -2.29. The van der Waals surface area contributed by atoms with Crippen LogP contribution in [0.5, 0.6) is 11.5 Å². The van der Waals surface area contributed by atoms with Crippen LogP contribution in [-0.4, -0.2) is 42.0 Å². The minimum absolute atomic E-state index is 0.159. The molecule has 2 aliphatic rings. The van der Waals surface area contributed by atoms with Crippen LogP contribution < -0.4 is 9.47 Å². The van der Waals surface area contributed by atoms with E-state index in [1.54, 1.807) is 0 Å². The monoisotopic (exact) mass is 442 g/mol. The minimum Gasteiger partial charge on any atom is -0.486 e. The average molecular weight is 443 g/mol. The summed E-state index contributed by atoms with van der Waals surface area (Å²) < 4.78 is 11.5. The number of carbonyl (C=O) groups excluding carboxylic acids is 1. The molecule has 0 aliphatic carbocycles. The Labute approximate surface area is 195 Å². The lowest BCUT2D eigenvalue weighted by atomic mass is 10.0. The zero-order valence-corrected chi connectivity index (χ0v) is 18.9. The zero-order chi connectivity index (χ0) is 22.5. The largest absolute Gasteiger partial charge is 0.486 e. The van der Waals surface area contributed by atoms with Gasteiger partial charge >= 0.3 is 0 Å². The second kappa shape index (κ2) is 10.1. The molecule has 5 rings (SSSR count). The summed E-state index contributed by atoms with van der Waals surface area (Å²) in [5, 5.41) is 0. The van der Waals surface area contributed by atoms with Gasteiger partial charge in [0.25, 0.3) is 0 Å². The van der Waals surface area contributed by atoms with Crippen LogP contribution in [0.4, 0.5) is 0 Å². The maximum atomic E-state index is 13.6. The summed E-state index contributed by atoms with van der Waals surface area (Å²) in [6, 6.07) is 26.9. The summed E-state index contributed by atoms with van der Waals surface area (Å²) in [5.74, 6) is 1.78. The van der Waals surface area contributed by atoms with Gasteiger partial charge in [0, 0.05) is 19.1 Å². The highest BCUT2D eigenvalue weighted by Crippen LogP contribution is 2.38. The van der Waals surface area contributed by atoms with Crippen LogP contribution in [0, 0.1) is 0 Å². The SMILES string of the molecule is O=C(CN1CCCC1c1ccc2c(c1)OCCO2)N(Cc1ccccc1)Cc1ccccc1. The van der Waals surface area contributed by atoms with E-state index in [2.05, 4.69) is 41.3 Å². The van der Waals surface area contributed by atoms with E-state index in [0.717, 1.165) is 42.0 Å². The molecule has 2 heterocycles. The lowest BCUT2D eigenvalue weighted by Crippen LogP contribution is -2.39. The van der Waals surface area contributed by atoms with Crippen LogP contribution in [0.1, 0.15) is 35.6 Å². The number of benzene rings is 3. The van der Waals surface area contributed by atoms with Crippen molar-refractivity contribution < 1.29 is 14.3 Å². The average Bonchev–Trinajstić information content (AvgIpc) is 3.32. The second-order valence-corrected chi connectivity index (χ2v) is 8.75. The summed E-state index contributed by atoms with van der Waals surface area (Å²) in [7, 11) is 0. The third-order valence-corrected chi connectivity index (χ3v) is 6.44. The first-order chi connectivity index (χ1) is 16.3. The van der Waals surface area contributed by atoms with Gasteiger partial charge in [0.15, 0.2) is 11.5 Å². The van der Waals surface area contributed by atoms with Gasteiger partial charge in [0.1, 0.15) is 13.2 Å². The van der Waals surface area contributed by atoms with Crippen molar-refractivity contribution in [3.05, 3.63) is 95.6 Å². The Balaban J connectivity index is 1.32. The number of hydrogen-bond acceptors (Lipinski definition) is 4. The first-order valence-electron chi connectivity index (χ1n) is 11.8. The number of carbonyl (C=O) groups is 1. The van der Waals surface area contributed by atoms with E-state index in [9.17, 15) is 4.79 Å². The van der Waals surface area contributed by atoms with Gasteiger partial charge < -0.3 is 14.4 Å². The molecule has 3 aromatic rings. The van der Waals surface area contributed by atoms with Gasteiger partial charge in [-0.05, 0) is 48.2 Å². The summed E-state index contributed by atoms with van der Waals surface area (Å²) in [4.78, 5) is 17.8. The number of nitrogens with zero attached hydrogens (tertiary/aromatic N) is 2. The number of amides is 1. The molecule has 0 aromatic heterocycles. The van der Waals surface area contributed by atoms with Crippen LogP contribution >= 0.6 is 0 Å². The van der Waals surface area contributed by atoms with Gasteiger partial charge in [-0.3, -0.25) is 9.69 Å². The Hall–Kier alpha value is -3.31. The summed E-state index contributed by atoms with van der Waals surface area (Å²) in [6.45, 7) is 3.73. The highest BCUT2D eigenvalue weighted by Gasteiger charge is 2.30. The van der Waals surface area contributed by atoms with Crippen LogP contribution in [0.25, 0.3) is 0 Å². The van der Waals surface area contributed by atoms with Crippen LogP contribution in [0.2, 0.25) is 0 Å². The summed E-state index contributed by atoms with van der Waals surface area (Å²) >= 11 is 0. The van der Waals surface area contributed by atoms with Gasteiger partial charge in [-0.25, -0.2) is 0 Å². The van der Waals surface area contributed by atoms with E-state index in [-0.39, 0.29) is 11.9 Å². The van der Waals surface area contributed by atoms with Crippen molar-refractivity contribution >= 4 is 5.91 Å². The Kier molecular flexibility index (Phi) is 6.58. The predicted octanol–water partition coefficient (Wildman–Crippen LogP) is 4.82. The number of likely N-dealkylation sites (tertiary alicyclic amines) is 1. The molecular formula is C28H30N2O3. The first-order valence-corrected chi connectivity index (χ1v) is 11.8. The first kappa shape index (κ1) is 21.5. The Morgan fingerprint density at radius 2 is 1.48 bits per heavy atom. The van der Waals surface area contributed by atoms with Gasteiger partial charge in [0.05, 0.1) is 6.54 Å². The Morgan fingerprint density at radius 1 is 0.848 bits per heavy atom. The van der Waals surface area contributed by atoms with E-state index in [1.807, 2.05) is 47.4 Å². The number of ether oxygens (including phenoxy) is 2. The topological polar surface area (TPSA) is 42.0 Å². The maximum Gasteiger partial charge on any atom is 0.237 e. The summed E-state index contributed by atoms with van der Waals surface area (Å²) in [6.07, 6.45) is 2.13. The van der Waals surface area contributed by atoms with E-state index >= 15 is 0 Å². The van der Waals surface area contributed by atoms with Crippen LogP contribution in [0.15, 0.2) is 78.9 Å². The third kappa shape index (κ3) is 5.20. The fourth-order valence-corrected chi connectivity index (χ4v) is 4.77. The molecule has 0 saturated carbocycles. The lowest BCUT2D eigenvalue weighted by molar-refractivity contribution is -0.134. The summed E-state index contributed by atoms with van der Waals surface area (Å²) in [5.41, 5.74) is 3.49. The number of fused-ring (bicyclic) bond motifs is 1. The van der Waals surface area contributed by atoms with Crippen molar-refractivity contribution in [2.45, 2.75) is 32.0 Å². The van der Waals surface area contributed by atoms with Crippen molar-refractivity contribution in [2.24, 2.45) is 0 Å². The van der Waals surface area contributed by atoms with Crippen molar-refractivity contribution in [3.63, 3.8) is 0 Å². The van der Waals surface area contributed by atoms with Crippen molar-refractivity contribution in [1.29, 1.82) is 0 Å². The van der Waals surface area contributed by atoms with Crippen molar-refractivity contribution in [1.82, 2.24) is 9.80 Å². The molecule has 5 heteroatoms. The molecule has 0 spiro atoms. The second-order valence-electron chi connectivity index (χ2n) is 8.75. The predicted molar refractivity (Wildman–Crippen MR) is 128 cm³/mol. The molecule has 170 valence electrons.